The van der Waals surface area contributed by atoms with Crippen molar-refractivity contribution in [2.75, 3.05) is 13.1 Å². The molecule has 5 heterocycles. The molecular formula is C24H26ClFN6O2. The number of imidazole rings is 2. The number of carbonyl (C=O) groups excluding carboxylic acids is 1. The second-order valence-corrected chi connectivity index (χ2v) is 10.1. The average molecular weight is 485 g/mol. The van der Waals surface area contributed by atoms with Gasteiger partial charge in [-0.05, 0) is 58.7 Å². The molecule has 0 N–H and O–H groups in total. The van der Waals surface area contributed by atoms with Crippen molar-refractivity contribution in [3.8, 4) is 11.3 Å². The number of pyridine rings is 1. The monoisotopic (exact) mass is 484 g/mol. The number of hydrogen-bond acceptors (Lipinski definition) is 5. The van der Waals surface area contributed by atoms with Gasteiger partial charge in [0.15, 0.2) is 17.1 Å². The molecule has 0 spiro atoms. The molecule has 0 atom stereocenters. The number of aryl methyl sites for hydroxylation is 1. The number of hydrogen-bond donors (Lipinski definition) is 0. The first-order valence-electron chi connectivity index (χ1n) is 11.3. The molecule has 1 fully saturated rings. The molecule has 178 valence electrons. The topological polar surface area (TPSA) is 77.0 Å². The van der Waals surface area contributed by atoms with Crippen LogP contribution < -0.4 is 0 Å². The maximum Gasteiger partial charge on any atom is 0.410 e. The Bertz CT molecular complexity index is 1400. The molecule has 0 aromatic carbocycles. The predicted octanol–water partition coefficient (Wildman–Crippen LogP) is 5.26. The molecule has 1 aliphatic rings. The van der Waals surface area contributed by atoms with Crippen molar-refractivity contribution >= 4 is 29.0 Å². The Morgan fingerprint density at radius 3 is 2.62 bits per heavy atom. The third-order valence-electron chi connectivity index (χ3n) is 5.91. The smallest absolute Gasteiger partial charge is 0.410 e. The van der Waals surface area contributed by atoms with Crippen LogP contribution in [0.1, 0.15) is 50.9 Å². The molecule has 1 amide bonds. The average Bonchev–Trinajstić information content (AvgIpc) is 3.31. The largest absolute Gasteiger partial charge is 0.444 e. The number of aromatic nitrogens is 5. The Hall–Kier alpha value is -3.20. The number of nitrogens with zero attached hydrogens (tertiary/aromatic N) is 6. The number of piperidine rings is 1. The molecule has 0 unspecified atom stereocenters. The van der Waals surface area contributed by atoms with E-state index in [1.165, 1.54) is 6.07 Å². The molecular weight excluding hydrogens is 459 g/mol. The van der Waals surface area contributed by atoms with Crippen LogP contribution in [0, 0.1) is 12.7 Å². The van der Waals surface area contributed by atoms with Crippen molar-refractivity contribution in [2.24, 2.45) is 0 Å². The Kier molecular flexibility index (Phi) is 5.47. The lowest BCUT2D eigenvalue weighted by molar-refractivity contribution is 0.0204. The third-order valence-corrected chi connectivity index (χ3v) is 6.29. The summed E-state index contributed by atoms with van der Waals surface area (Å²) in [5, 5.41) is 4.93. The Labute approximate surface area is 201 Å². The van der Waals surface area contributed by atoms with Crippen molar-refractivity contribution in [3.05, 3.63) is 53.0 Å². The molecule has 0 bridgehead atoms. The summed E-state index contributed by atoms with van der Waals surface area (Å²) >= 11 is 6.70. The molecule has 4 aromatic heterocycles. The van der Waals surface area contributed by atoms with E-state index in [4.69, 9.17) is 16.3 Å². The fourth-order valence-corrected chi connectivity index (χ4v) is 4.64. The number of fused-ring (bicyclic) bond motifs is 2. The van der Waals surface area contributed by atoms with E-state index in [0.29, 0.717) is 48.0 Å². The Morgan fingerprint density at radius 1 is 1.18 bits per heavy atom. The van der Waals surface area contributed by atoms with Crippen molar-refractivity contribution in [1.29, 1.82) is 0 Å². The molecule has 1 saturated heterocycles. The molecule has 0 saturated carbocycles. The number of rotatable bonds is 2. The van der Waals surface area contributed by atoms with Crippen LogP contribution in [-0.4, -0.2) is 53.7 Å². The summed E-state index contributed by atoms with van der Waals surface area (Å²) in [5.41, 5.74) is 3.05. The molecule has 1 aliphatic heterocycles. The van der Waals surface area contributed by atoms with Crippen LogP contribution in [-0.2, 0) is 4.74 Å². The van der Waals surface area contributed by atoms with Crippen LogP contribution >= 0.6 is 11.6 Å². The van der Waals surface area contributed by atoms with Gasteiger partial charge >= 0.3 is 6.09 Å². The van der Waals surface area contributed by atoms with E-state index in [1.54, 1.807) is 26.1 Å². The summed E-state index contributed by atoms with van der Waals surface area (Å²) in [6, 6.07) is 5.07. The van der Waals surface area contributed by atoms with Gasteiger partial charge in [0.1, 0.15) is 10.8 Å². The van der Waals surface area contributed by atoms with E-state index in [2.05, 4.69) is 15.1 Å². The fourth-order valence-electron chi connectivity index (χ4n) is 4.31. The maximum atomic E-state index is 15.1. The zero-order valence-corrected chi connectivity index (χ0v) is 20.3. The van der Waals surface area contributed by atoms with Gasteiger partial charge in [-0.25, -0.2) is 23.7 Å². The lowest BCUT2D eigenvalue weighted by atomic mass is 9.94. The molecule has 4 aromatic rings. The van der Waals surface area contributed by atoms with Crippen LogP contribution in [0.5, 0.6) is 0 Å². The lowest BCUT2D eigenvalue weighted by Gasteiger charge is -2.33. The van der Waals surface area contributed by atoms with Crippen molar-refractivity contribution in [2.45, 2.75) is 52.1 Å². The van der Waals surface area contributed by atoms with Gasteiger partial charge in [-0.15, -0.1) is 0 Å². The molecule has 8 nitrogen and oxygen atoms in total. The highest BCUT2D eigenvalue weighted by Gasteiger charge is 2.30. The van der Waals surface area contributed by atoms with E-state index in [9.17, 15) is 4.79 Å². The van der Waals surface area contributed by atoms with Crippen molar-refractivity contribution < 1.29 is 13.9 Å². The highest BCUT2D eigenvalue weighted by Crippen LogP contribution is 2.35. The maximum absolute atomic E-state index is 15.1. The summed E-state index contributed by atoms with van der Waals surface area (Å²) < 4.78 is 23.8. The minimum Gasteiger partial charge on any atom is -0.444 e. The second-order valence-electron chi connectivity index (χ2n) is 9.70. The molecule has 10 heteroatoms. The number of ether oxygens (including phenoxy) is 1. The zero-order valence-electron chi connectivity index (χ0n) is 19.5. The van der Waals surface area contributed by atoms with Gasteiger partial charge in [0.05, 0.1) is 23.3 Å². The van der Waals surface area contributed by atoms with Gasteiger partial charge in [-0.1, -0.05) is 11.6 Å². The van der Waals surface area contributed by atoms with Gasteiger partial charge < -0.3 is 9.64 Å². The van der Waals surface area contributed by atoms with Crippen molar-refractivity contribution in [1.82, 2.24) is 28.9 Å². The zero-order chi connectivity index (χ0) is 24.2. The highest BCUT2D eigenvalue weighted by molar-refractivity contribution is 6.30. The normalized spacial score (nSPS) is 15.4. The summed E-state index contributed by atoms with van der Waals surface area (Å²) in [5.74, 6) is -0.446. The standard InChI is InChI=1S/C24H26ClFN6O2/c1-14-12-32-19(27-14)6-5-18(29-32)16-11-17(26)22-28-20(21(25)31(22)13-16)15-7-9-30(10-8-15)23(33)34-24(2,3)4/h5-6,11-13,15H,7-10H2,1-4H3. The molecule has 5 rings (SSSR count). The fraction of sp³-hybridized carbons (Fsp3) is 0.417. The lowest BCUT2D eigenvalue weighted by Crippen LogP contribution is -2.41. The minimum absolute atomic E-state index is 0.0253. The first-order valence-corrected chi connectivity index (χ1v) is 11.7. The summed E-state index contributed by atoms with van der Waals surface area (Å²) in [7, 11) is 0. The number of likely N-dealkylation sites (tertiary alicyclic amines) is 1. The van der Waals surface area contributed by atoms with Crippen LogP contribution in [0.2, 0.25) is 5.15 Å². The number of carbonyl (C=O) groups is 1. The van der Waals surface area contributed by atoms with Gasteiger partial charge in [0.2, 0.25) is 0 Å². The first-order chi connectivity index (χ1) is 16.1. The highest BCUT2D eigenvalue weighted by atomic mass is 35.5. The third kappa shape index (κ3) is 4.20. The summed E-state index contributed by atoms with van der Waals surface area (Å²) in [6.07, 6.45) is 4.61. The van der Waals surface area contributed by atoms with Gasteiger partial charge in [-0.2, -0.15) is 5.10 Å². The second kappa shape index (κ2) is 8.23. The van der Waals surface area contributed by atoms with Crippen LogP contribution in [0.25, 0.3) is 22.6 Å². The molecule has 34 heavy (non-hydrogen) atoms. The van der Waals surface area contributed by atoms with Gasteiger partial charge in [-0.3, -0.25) is 4.40 Å². The van der Waals surface area contributed by atoms with E-state index in [-0.39, 0.29) is 17.7 Å². The van der Waals surface area contributed by atoms with Gasteiger partial charge in [0.25, 0.3) is 0 Å². The Morgan fingerprint density at radius 2 is 1.91 bits per heavy atom. The van der Waals surface area contributed by atoms with Crippen LogP contribution in [0.15, 0.2) is 30.6 Å². The number of amides is 1. The molecule has 0 aliphatic carbocycles. The van der Waals surface area contributed by atoms with Crippen molar-refractivity contribution in [3.63, 3.8) is 0 Å². The summed E-state index contributed by atoms with van der Waals surface area (Å²) in [4.78, 5) is 23.0. The van der Waals surface area contributed by atoms with E-state index >= 15 is 4.39 Å². The summed E-state index contributed by atoms with van der Waals surface area (Å²) in [6.45, 7) is 8.51. The minimum atomic E-state index is -0.538. The quantitative estimate of drug-likeness (QED) is 0.388. The van der Waals surface area contributed by atoms with E-state index in [0.717, 1.165) is 11.3 Å². The first kappa shape index (κ1) is 22.6. The predicted molar refractivity (Wildman–Crippen MR) is 127 cm³/mol. The molecule has 0 radical (unpaired) electrons. The van der Waals surface area contributed by atoms with E-state index < -0.39 is 11.4 Å². The van der Waals surface area contributed by atoms with Crippen LogP contribution in [0.3, 0.4) is 0 Å². The number of halogens is 2. The van der Waals surface area contributed by atoms with Gasteiger partial charge in [0, 0.05) is 30.8 Å². The SMILES string of the molecule is Cc1cn2nc(-c3cc(F)c4nc(C5CCN(C(=O)OC(C)(C)C)CC5)c(Cl)n4c3)ccc2n1. The van der Waals surface area contributed by atoms with E-state index in [1.807, 2.05) is 40.0 Å². The van der Waals surface area contributed by atoms with Crippen LogP contribution in [0.4, 0.5) is 9.18 Å². The Balaban J connectivity index is 1.41.